The van der Waals surface area contributed by atoms with Crippen LogP contribution >= 0.6 is 15.9 Å². The molecular weight excluding hydrogens is 446 g/mol. The molecule has 0 saturated carbocycles. The van der Waals surface area contributed by atoms with Gasteiger partial charge in [-0.15, -0.1) is 0 Å². The topological polar surface area (TPSA) is 56.8 Å². The van der Waals surface area contributed by atoms with Crippen LogP contribution in [0.5, 0.6) is 11.5 Å². The molecule has 1 fully saturated rings. The van der Waals surface area contributed by atoms with E-state index in [0.29, 0.717) is 36.0 Å². The first-order chi connectivity index (χ1) is 14.7. The second-order valence-corrected chi connectivity index (χ2v) is 8.36. The summed E-state index contributed by atoms with van der Waals surface area (Å²) in [4.78, 5) is 13.0. The second-order valence-electron chi connectivity index (χ2n) is 7.45. The first kappa shape index (κ1) is 22.6. The molecular formula is C24H30BrNO4. The van der Waals surface area contributed by atoms with E-state index in [4.69, 9.17) is 14.2 Å². The summed E-state index contributed by atoms with van der Waals surface area (Å²) < 4.78 is 18.3. The fourth-order valence-electron chi connectivity index (χ4n) is 3.36. The molecule has 0 aliphatic carbocycles. The number of nitrogens with one attached hydrogen (secondary N) is 1. The summed E-state index contributed by atoms with van der Waals surface area (Å²) >= 11 is 3.46. The van der Waals surface area contributed by atoms with E-state index < -0.39 is 0 Å². The molecule has 162 valence electrons. The van der Waals surface area contributed by atoms with Gasteiger partial charge in [0.1, 0.15) is 18.1 Å². The van der Waals surface area contributed by atoms with Crippen LogP contribution in [0.1, 0.15) is 55.8 Å². The number of anilines is 1. The van der Waals surface area contributed by atoms with E-state index in [0.717, 1.165) is 36.8 Å². The lowest BCUT2D eigenvalue weighted by Crippen LogP contribution is -2.18. The Morgan fingerprint density at radius 3 is 2.80 bits per heavy atom. The third-order valence-corrected chi connectivity index (χ3v) is 5.52. The first-order valence-electron chi connectivity index (χ1n) is 10.7. The van der Waals surface area contributed by atoms with Gasteiger partial charge in [0.05, 0.1) is 24.0 Å². The summed E-state index contributed by atoms with van der Waals surface area (Å²) in [6, 6.07) is 13.0. The maximum Gasteiger partial charge on any atom is 0.259 e. The average molecular weight is 476 g/mol. The molecule has 2 aromatic carbocycles. The van der Waals surface area contributed by atoms with Gasteiger partial charge in [-0.25, -0.2) is 0 Å². The number of carbonyl (C=O) groups is 1. The number of benzene rings is 2. The van der Waals surface area contributed by atoms with Crippen molar-refractivity contribution in [3.63, 3.8) is 0 Å². The molecule has 0 radical (unpaired) electrons. The molecule has 0 aromatic heterocycles. The van der Waals surface area contributed by atoms with Gasteiger partial charge < -0.3 is 19.5 Å². The van der Waals surface area contributed by atoms with E-state index in [2.05, 4.69) is 28.2 Å². The van der Waals surface area contributed by atoms with E-state index in [9.17, 15) is 4.79 Å². The van der Waals surface area contributed by atoms with Gasteiger partial charge in [-0.2, -0.15) is 0 Å². The van der Waals surface area contributed by atoms with E-state index in [1.54, 1.807) is 6.07 Å². The molecule has 1 unspecified atom stereocenters. The van der Waals surface area contributed by atoms with E-state index in [1.807, 2.05) is 36.4 Å². The summed E-state index contributed by atoms with van der Waals surface area (Å²) in [7, 11) is 0. The standard InChI is InChI=1S/C24H30BrNO4/c1-2-3-4-7-14-29-22-13-12-18(25)16-20(22)24(27)26-21-10-5-6-11-23(21)30-17-19-9-8-15-28-19/h5-6,10-13,16,19H,2-4,7-9,14-15,17H2,1H3,(H,26,27). The number of ether oxygens (including phenoxy) is 3. The average Bonchev–Trinajstić information content (AvgIpc) is 3.27. The van der Waals surface area contributed by atoms with E-state index >= 15 is 0 Å². The van der Waals surface area contributed by atoms with Crippen LogP contribution in [0, 0.1) is 0 Å². The lowest BCUT2D eigenvalue weighted by molar-refractivity contribution is 0.0682. The molecule has 6 heteroatoms. The zero-order chi connectivity index (χ0) is 21.2. The normalized spacial score (nSPS) is 15.7. The number of halogens is 1. The summed E-state index contributed by atoms with van der Waals surface area (Å²) in [6.45, 7) is 4.05. The van der Waals surface area contributed by atoms with Gasteiger partial charge in [-0.1, -0.05) is 54.2 Å². The smallest absolute Gasteiger partial charge is 0.259 e. The molecule has 1 aliphatic rings. The SMILES string of the molecule is CCCCCCOc1ccc(Br)cc1C(=O)Nc1ccccc1OCC1CCCO1. The maximum atomic E-state index is 13.0. The number of rotatable bonds is 11. The van der Waals surface area contributed by atoms with Crippen molar-refractivity contribution >= 4 is 27.5 Å². The highest BCUT2D eigenvalue weighted by Gasteiger charge is 2.18. The second kappa shape index (κ2) is 12.0. The van der Waals surface area contributed by atoms with Crippen LogP contribution in [0.25, 0.3) is 0 Å². The molecule has 1 atom stereocenters. The zero-order valence-corrected chi connectivity index (χ0v) is 19.1. The highest BCUT2D eigenvalue weighted by molar-refractivity contribution is 9.10. The Kier molecular flexibility index (Phi) is 9.02. The van der Waals surface area contributed by atoms with E-state index in [-0.39, 0.29) is 12.0 Å². The minimum absolute atomic E-state index is 0.117. The van der Waals surface area contributed by atoms with Crippen molar-refractivity contribution in [2.75, 3.05) is 25.1 Å². The zero-order valence-electron chi connectivity index (χ0n) is 17.5. The number of hydrogen-bond donors (Lipinski definition) is 1. The summed E-state index contributed by atoms with van der Waals surface area (Å²) in [5.74, 6) is 0.997. The van der Waals surface area contributed by atoms with Gasteiger partial charge in [0.25, 0.3) is 5.91 Å². The molecule has 1 amide bonds. The van der Waals surface area contributed by atoms with Gasteiger partial charge in [0.2, 0.25) is 0 Å². The fourth-order valence-corrected chi connectivity index (χ4v) is 3.72. The lowest BCUT2D eigenvalue weighted by atomic mass is 10.1. The number of hydrogen-bond acceptors (Lipinski definition) is 4. The van der Waals surface area contributed by atoms with Gasteiger partial charge in [0.15, 0.2) is 0 Å². The largest absolute Gasteiger partial charge is 0.493 e. The van der Waals surface area contributed by atoms with Crippen LogP contribution in [0.2, 0.25) is 0 Å². The van der Waals surface area contributed by atoms with Crippen molar-refractivity contribution < 1.29 is 19.0 Å². The quantitative estimate of drug-likeness (QED) is 0.392. The van der Waals surface area contributed by atoms with Crippen molar-refractivity contribution in [2.45, 2.75) is 51.6 Å². The van der Waals surface area contributed by atoms with Gasteiger partial charge in [-0.05, 0) is 49.6 Å². The number of unbranched alkanes of at least 4 members (excludes halogenated alkanes) is 3. The molecule has 1 N–H and O–H groups in total. The predicted molar refractivity (Wildman–Crippen MR) is 123 cm³/mol. The lowest BCUT2D eigenvalue weighted by Gasteiger charge is -2.16. The Balaban J connectivity index is 1.65. The Bertz CT molecular complexity index is 821. The monoisotopic (exact) mass is 475 g/mol. The molecule has 1 aliphatic heterocycles. The van der Waals surface area contributed by atoms with Crippen molar-refractivity contribution in [2.24, 2.45) is 0 Å². The van der Waals surface area contributed by atoms with Crippen LogP contribution in [-0.4, -0.2) is 31.8 Å². The van der Waals surface area contributed by atoms with Crippen molar-refractivity contribution in [1.82, 2.24) is 0 Å². The van der Waals surface area contributed by atoms with E-state index in [1.165, 1.54) is 12.8 Å². The van der Waals surface area contributed by atoms with Crippen LogP contribution in [-0.2, 0) is 4.74 Å². The minimum atomic E-state index is -0.229. The maximum absolute atomic E-state index is 13.0. The van der Waals surface area contributed by atoms with Crippen molar-refractivity contribution in [3.8, 4) is 11.5 Å². The van der Waals surface area contributed by atoms with Crippen molar-refractivity contribution in [1.29, 1.82) is 0 Å². The molecule has 30 heavy (non-hydrogen) atoms. The Morgan fingerprint density at radius 1 is 1.13 bits per heavy atom. The Hall–Kier alpha value is -2.05. The molecule has 2 aromatic rings. The highest BCUT2D eigenvalue weighted by Crippen LogP contribution is 2.28. The first-order valence-corrected chi connectivity index (χ1v) is 11.5. The third-order valence-electron chi connectivity index (χ3n) is 5.03. The van der Waals surface area contributed by atoms with Gasteiger partial charge >= 0.3 is 0 Å². The number of para-hydroxylation sites is 2. The van der Waals surface area contributed by atoms with Crippen LogP contribution in [0.4, 0.5) is 5.69 Å². The van der Waals surface area contributed by atoms with Crippen LogP contribution in [0.3, 0.4) is 0 Å². The molecule has 3 rings (SSSR count). The van der Waals surface area contributed by atoms with Crippen molar-refractivity contribution in [3.05, 3.63) is 52.5 Å². The number of carbonyl (C=O) groups excluding carboxylic acids is 1. The molecule has 5 nitrogen and oxygen atoms in total. The van der Waals surface area contributed by atoms with Gasteiger partial charge in [0, 0.05) is 11.1 Å². The van der Waals surface area contributed by atoms with Crippen LogP contribution < -0.4 is 14.8 Å². The Morgan fingerprint density at radius 2 is 2.00 bits per heavy atom. The predicted octanol–water partition coefficient (Wildman–Crippen LogP) is 6.22. The number of amides is 1. The van der Waals surface area contributed by atoms with Crippen LogP contribution in [0.15, 0.2) is 46.9 Å². The summed E-state index contributed by atoms with van der Waals surface area (Å²) in [5, 5.41) is 2.97. The highest BCUT2D eigenvalue weighted by atomic mass is 79.9. The Labute approximate surface area is 187 Å². The van der Waals surface area contributed by atoms with Gasteiger partial charge in [-0.3, -0.25) is 4.79 Å². The molecule has 1 saturated heterocycles. The molecule has 0 spiro atoms. The molecule has 0 bridgehead atoms. The fraction of sp³-hybridized carbons (Fsp3) is 0.458. The molecule has 1 heterocycles. The minimum Gasteiger partial charge on any atom is -0.493 e. The summed E-state index contributed by atoms with van der Waals surface area (Å²) in [5.41, 5.74) is 1.13. The summed E-state index contributed by atoms with van der Waals surface area (Å²) in [6.07, 6.45) is 6.67. The third kappa shape index (κ3) is 6.74.